The van der Waals surface area contributed by atoms with E-state index in [1.165, 1.54) is 7.11 Å². The molecule has 0 amide bonds. The number of methoxy groups -OCH3 is 1. The molecule has 0 bridgehead atoms. The van der Waals surface area contributed by atoms with E-state index in [0.717, 1.165) is 0 Å². The van der Waals surface area contributed by atoms with E-state index in [-0.39, 0.29) is 0 Å². The van der Waals surface area contributed by atoms with Gasteiger partial charge in [0.1, 0.15) is 24.4 Å². The van der Waals surface area contributed by atoms with Crippen molar-refractivity contribution in [2.75, 3.05) is 13.7 Å². The van der Waals surface area contributed by atoms with Crippen molar-refractivity contribution in [1.82, 2.24) is 0 Å². The van der Waals surface area contributed by atoms with Crippen LogP contribution in [-0.2, 0) is 9.47 Å². The van der Waals surface area contributed by atoms with Gasteiger partial charge in [-0.2, -0.15) is 0 Å². The number of aliphatic hydroxyl groups is 4. The fourth-order valence-electron chi connectivity index (χ4n) is 1.26. The maximum Gasteiger partial charge on any atom is 0.186 e. The quantitative estimate of drug-likeness (QED) is 0.387. The molecular formula is C7H14O6. The maximum absolute atomic E-state index is 9.28. The average Bonchev–Trinajstić information content (AvgIpc) is 2.15. The molecule has 0 aliphatic carbocycles. The van der Waals surface area contributed by atoms with Gasteiger partial charge in [-0.05, 0) is 0 Å². The summed E-state index contributed by atoms with van der Waals surface area (Å²) in [5, 5.41) is 36.6. The van der Waals surface area contributed by atoms with Gasteiger partial charge in [-0.1, -0.05) is 0 Å². The Morgan fingerprint density at radius 1 is 1.46 bits per heavy atom. The first-order valence-electron chi connectivity index (χ1n) is 3.95. The predicted octanol–water partition coefficient (Wildman–Crippen LogP) is -2.57. The van der Waals surface area contributed by atoms with Crippen molar-refractivity contribution in [2.24, 2.45) is 0 Å². The fraction of sp³-hybridized carbons (Fsp3) is 1.00. The summed E-state index contributed by atoms with van der Waals surface area (Å²) in [5.41, 5.74) is 0. The SMILES string of the molecule is CO[C@H]1O[C@H](CO)[14C@@H](O)[C@H](O)[C@H]1O. The summed E-state index contributed by atoms with van der Waals surface area (Å²) in [7, 11) is 1.30. The fourth-order valence-corrected chi connectivity index (χ4v) is 1.26. The van der Waals surface area contributed by atoms with Crippen molar-refractivity contribution in [3.05, 3.63) is 0 Å². The van der Waals surface area contributed by atoms with Crippen molar-refractivity contribution in [3.63, 3.8) is 0 Å². The van der Waals surface area contributed by atoms with Gasteiger partial charge in [-0.3, -0.25) is 0 Å². The van der Waals surface area contributed by atoms with E-state index < -0.39 is 37.3 Å². The number of hydrogen-bond acceptors (Lipinski definition) is 6. The van der Waals surface area contributed by atoms with Gasteiger partial charge in [0, 0.05) is 7.11 Å². The van der Waals surface area contributed by atoms with Crippen molar-refractivity contribution in [3.8, 4) is 0 Å². The molecule has 1 saturated heterocycles. The van der Waals surface area contributed by atoms with Crippen LogP contribution in [0.15, 0.2) is 0 Å². The highest BCUT2D eigenvalue weighted by Crippen LogP contribution is 2.20. The Kier molecular flexibility index (Phi) is 3.60. The number of hydrogen-bond donors (Lipinski definition) is 4. The smallest absolute Gasteiger partial charge is 0.186 e. The molecule has 0 unspecified atom stereocenters. The molecule has 1 aliphatic rings. The topological polar surface area (TPSA) is 99.4 Å². The lowest BCUT2D eigenvalue weighted by Crippen LogP contribution is -2.58. The van der Waals surface area contributed by atoms with Crippen LogP contribution in [0, 0.1) is 0 Å². The molecular weight excluding hydrogens is 182 g/mol. The molecule has 0 aromatic carbocycles. The monoisotopic (exact) mass is 196 g/mol. The average molecular weight is 196 g/mol. The molecule has 1 aliphatic heterocycles. The highest BCUT2D eigenvalue weighted by Gasteiger charge is 2.43. The molecule has 6 nitrogen and oxygen atoms in total. The van der Waals surface area contributed by atoms with Crippen LogP contribution in [0.1, 0.15) is 0 Å². The van der Waals surface area contributed by atoms with Crippen LogP contribution in [-0.4, -0.2) is 64.8 Å². The first-order chi connectivity index (χ1) is 6.11. The van der Waals surface area contributed by atoms with Crippen LogP contribution in [0.5, 0.6) is 0 Å². The van der Waals surface area contributed by atoms with Crippen molar-refractivity contribution in [2.45, 2.75) is 30.7 Å². The van der Waals surface area contributed by atoms with Gasteiger partial charge in [0.25, 0.3) is 0 Å². The second-order valence-electron chi connectivity index (χ2n) is 2.93. The predicted molar refractivity (Wildman–Crippen MR) is 40.8 cm³/mol. The lowest BCUT2D eigenvalue weighted by atomic mass is 10.2. The van der Waals surface area contributed by atoms with E-state index in [4.69, 9.17) is 14.6 Å². The molecule has 0 aromatic heterocycles. The van der Waals surface area contributed by atoms with Crippen molar-refractivity contribution < 1.29 is 29.9 Å². The van der Waals surface area contributed by atoms with Crippen molar-refractivity contribution in [1.29, 1.82) is 0 Å². The molecule has 0 saturated carbocycles. The normalized spacial score (nSPS) is 46.4. The summed E-state index contributed by atoms with van der Waals surface area (Å²) >= 11 is 0. The molecule has 6 heteroatoms. The minimum Gasteiger partial charge on any atom is -0.394 e. The molecule has 5 atom stereocenters. The van der Waals surface area contributed by atoms with Crippen molar-refractivity contribution >= 4 is 0 Å². The third kappa shape index (κ3) is 1.98. The van der Waals surface area contributed by atoms with E-state index in [1.54, 1.807) is 0 Å². The van der Waals surface area contributed by atoms with Crippen LogP contribution < -0.4 is 0 Å². The van der Waals surface area contributed by atoms with Gasteiger partial charge >= 0.3 is 0 Å². The van der Waals surface area contributed by atoms with Crippen LogP contribution in [0.4, 0.5) is 0 Å². The lowest BCUT2D eigenvalue weighted by Gasteiger charge is -2.38. The van der Waals surface area contributed by atoms with Crippen LogP contribution in [0.2, 0.25) is 0 Å². The summed E-state index contributed by atoms with van der Waals surface area (Å²) in [4.78, 5) is 0. The van der Waals surface area contributed by atoms with Gasteiger partial charge in [-0.25, -0.2) is 0 Å². The minimum atomic E-state index is -1.36. The highest BCUT2D eigenvalue weighted by molar-refractivity contribution is 4.88. The first kappa shape index (κ1) is 10.8. The second-order valence-corrected chi connectivity index (χ2v) is 2.93. The molecule has 4 N–H and O–H groups in total. The van der Waals surface area contributed by atoms with E-state index in [9.17, 15) is 15.3 Å². The zero-order valence-corrected chi connectivity index (χ0v) is 7.20. The Morgan fingerprint density at radius 3 is 2.54 bits per heavy atom. The Morgan fingerprint density at radius 2 is 2.08 bits per heavy atom. The molecule has 1 heterocycles. The van der Waals surface area contributed by atoms with Gasteiger partial charge < -0.3 is 29.9 Å². The summed E-state index contributed by atoms with van der Waals surface area (Å²) < 4.78 is 9.65. The number of ether oxygens (including phenoxy) is 2. The summed E-state index contributed by atoms with van der Waals surface area (Å²) in [6, 6.07) is 0. The zero-order chi connectivity index (χ0) is 10.0. The minimum absolute atomic E-state index is 0.440. The van der Waals surface area contributed by atoms with E-state index in [0.29, 0.717) is 0 Å². The van der Waals surface area contributed by atoms with Gasteiger partial charge in [0.2, 0.25) is 0 Å². The van der Waals surface area contributed by atoms with Crippen LogP contribution >= 0.6 is 0 Å². The van der Waals surface area contributed by atoms with Gasteiger partial charge in [-0.15, -0.1) is 0 Å². The van der Waals surface area contributed by atoms with E-state index >= 15 is 0 Å². The first-order valence-corrected chi connectivity index (χ1v) is 3.95. The maximum atomic E-state index is 9.28. The summed E-state index contributed by atoms with van der Waals surface area (Å²) in [6.45, 7) is -0.440. The lowest BCUT2D eigenvalue weighted by molar-refractivity contribution is -0.294. The molecule has 0 spiro atoms. The van der Waals surface area contributed by atoms with Crippen LogP contribution in [0.3, 0.4) is 0 Å². The Balaban J connectivity index is 2.66. The summed E-state index contributed by atoms with van der Waals surface area (Å²) in [5.74, 6) is 0. The highest BCUT2D eigenvalue weighted by atomic mass is 16.7. The molecule has 1 fully saturated rings. The standard InChI is InChI=1S/C7H14O6/c1-12-7-6(11)5(10)4(9)3(2-8)13-7/h3-11H,2H2,1H3/t3-,4-,5+,6-,7+/m1/s1/i4+2. The van der Waals surface area contributed by atoms with Gasteiger partial charge in [0.15, 0.2) is 6.29 Å². The van der Waals surface area contributed by atoms with Crippen LogP contribution in [0.25, 0.3) is 0 Å². The molecule has 0 radical (unpaired) electrons. The summed E-state index contributed by atoms with van der Waals surface area (Å²) in [6.07, 6.45) is -5.91. The number of aliphatic hydroxyl groups excluding tert-OH is 4. The third-order valence-electron chi connectivity index (χ3n) is 2.08. The molecule has 13 heavy (non-hydrogen) atoms. The van der Waals surface area contributed by atoms with Gasteiger partial charge in [0.05, 0.1) is 6.61 Å². The van der Waals surface area contributed by atoms with E-state index in [2.05, 4.69) is 0 Å². The second kappa shape index (κ2) is 4.32. The Labute approximate surface area is 75.3 Å². The Bertz CT molecular complexity index is 143. The molecule has 78 valence electrons. The number of rotatable bonds is 2. The zero-order valence-electron chi connectivity index (χ0n) is 7.20. The molecule has 0 aromatic rings. The third-order valence-corrected chi connectivity index (χ3v) is 2.08. The molecule has 1 rings (SSSR count). The van der Waals surface area contributed by atoms with E-state index in [1.807, 2.05) is 0 Å². The Hall–Kier alpha value is -0.240. The largest absolute Gasteiger partial charge is 0.394 e.